The minimum atomic E-state index is -3.37. The molecule has 0 bridgehead atoms. The number of nitrogens with one attached hydrogen (secondary N) is 1. The van der Waals surface area contributed by atoms with Crippen molar-refractivity contribution in [3.63, 3.8) is 0 Å². The van der Waals surface area contributed by atoms with Crippen LogP contribution >= 0.6 is 7.60 Å². The summed E-state index contributed by atoms with van der Waals surface area (Å²) < 4.78 is 23.5. The lowest BCUT2D eigenvalue weighted by molar-refractivity contribution is 0.212. The fourth-order valence-electron chi connectivity index (χ4n) is 2.40. The Morgan fingerprint density at radius 3 is 2.45 bits per heavy atom. The molecule has 1 heterocycles. The van der Waals surface area contributed by atoms with Gasteiger partial charge in [-0.3, -0.25) is 4.57 Å². The molecule has 3 N–H and O–H groups in total. The van der Waals surface area contributed by atoms with E-state index in [1.54, 1.807) is 13.8 Å². The van der Waals surface area contributed by atoms with Gasteiger partial charge >= 0.3 is 7.60 Å². The molecule has 2 aromatic rings. The topological polar surface area (TPSA) is 77.3 Å². The number of aromatic nitrogens is 1. The van der Waals surface area contributed by atoms with Crippen molar-refractivity contribution in [1.29, 1.82) is 0 Å². The first-order valence-corrected chi connectivity index (χ1v) is 8.36. The molecule has 0 aliphatic rings. The maximum absolute atomic E-state index is 12.8. The van der Waals surface area contributed by atoms with Crippen molar-refractivity contribution in [2.24, 2.45) is 5.73 Å². The van der Waals surface area contributed by atoms with Gasteiger partial charge in [-0.05, 0) is 26.8 Å². The van der Waals surface area contributed by atoms with Gasteiger partial charge in [0, 0.05) is 22.2 Å². The minimum absolute atomic E-state index is 0.298. The molecule has 0 aliphatic heterocycles. The van der Waals surface area contributed by atoms with Crippen molar-refractivity contribution < 1.29 is 13.6 Å². The van der Waals surface area contributed by atoms with Gasteiger partial charge in [0.1, 0.15) is 5.78 Å². The second-order valence-electron chi connectivity index (χ2n) is 4.53. The zero-order valence-corrected chi connectivity index (χ0v) is 12.9. The molecule has 1 aromatic carbocycles. The van der Waals surface area contributed by atoms with Gasteiger partial charge in [-0.1, -0.05) is 18.2 Å². The van der Waals surface area contributed by atoms with E-state index in [0.717, 1.165) is 22.2 Å². The predicted octanol–water partition coefficient (Wildman–Crippen LogP) is 3.70. The average Bonchev–Trinajstić information content (AvgIpc) is 2.74. The number of rotatable bonds is 6. The standard InChI is InChI=1S/C14H21N2O3P/c1-4-18-20(17,19-5-2)14(15)13-10(3)16-12-9-7-6-8-11(12)13/h6-9,14,16H,4-5,15H2,1-3H3/t14-/m0/s1. The SMILES string of the molecule is CCOP(=O)(OCC)[C@H](N)c1c(C)[nH]c2ccccc12. The molecular weight excluding hydrogens is 275 g/mol. The van der Waals surface area contributed by atoms with Crippen LogP contribution in [0.1, 0.15) is 30.9 Å². The monoisotopic (exact) mass is 296 g/mol. The lowest BCUT2D eigenvalue weighted by atomic mass is 10.1. The average molecular weight is 296 g/mol. The Morgan fingerprint density at radius 1 is 1.25 bits per heavy atom. The first-order valence-electron chi connectivity index (χ1n) is 6.75. The van der Waals surface area contributed by atoms with Gasteiger partial charge < -0.3 is 19.8 Å². The summed E-state index contributed by atoms with van der Waals surface area (Å²) in [5.74, 6) is -0.793. The summed E-state index contributed by atoms with van der Waals surface area (Å²) in [4.78, 5) is 3.25. The van der Waals surface area contributed by atoms with Crippen LogP contribution in [0.25, 0.3) is 10.9 Å². The molecule has 6 heteroatoms. The molecule has 0 fully saturated rings. The Morgan fingerprint density at radius 2 is 1.85 bits per heavy atom. The van der Waals surface area contributed by atoms with E-state index in [2.05, 4.69) is 4.98 Å². The molecule has 0 unspecified atom stereocenters. The van der Waals surface area contributed by atoms with Crippen LogP contribution in [-0.2, 0) is 13.6 Å². The van der Waals surface area contributed by atoms with Gasteiger partial charge in [-0.25, -0.2) is 0 Å². The third kappa shape index (κ3) is 2.67. The predicted molar refractivity (Wildman–Crippen MR) is 80.8 cm³/mol. The molecule has 2 rings (SSSR count). The van der Waals surface area contributed by atoms with E-state index < -0.39 is 13.4 Å². The molecular formula is C14H21N2O3P. The number of benzene rings is 1. The van der Waals surface area contributed by atoms with Crippen molar-refractivity contribution >= 4 is 18.5 Å². The van der Waals surface area contributed by atoms with Gasteiger partial charge in [-0.2, -0.15) is 0 Å². The summed E-state index contributed by atoms with van der Waals surface area (Å²) in [7, 11) is -3.37. The van der Waals surface area contributed by atoms with E-state index in [4.69, 9.17) is 14.8 Å². The van der Waals surface area contributed by atoms with Crippen LogP contribution in [0.3, 0.4) is 0 Å². The first-order chi connectivity index (χ1) is 9.53. The maximum atomic E-state index is 12.8. The molecule has 5 nitrogen and oxygen atoms in total. The lowest BCUT2D eigenvalue weighted by Gasteiger charge is -2.23. The highest BCUT2D eigenvalue weighted by molar-refractivity contribution is 7.54. The molecule has 0 amide bonds. The summed E-state index contributed by atoms with van der Waals surface area (Å²) in [6.45, 7) is 6.07. The molecule has 0 aliphatic carbocycles. The maximum Gasteiger partial charge on any atom is 0.351 e. The molecule has 0 spiro atoms. The van der Waals surface area contributed by atoms with E-state index in [1.807, 2.05) is 31.2 Å². The zero-order chi connectivity index (χ0) is 14.8. The molecule has 1 atom stereocenters. The first kappa shape index (κ1) is 15.3. The second-order valence-corrected chi connectivity index (χ2v) is 6.68. The van der Waals surface area contributed by atoms with Gasteiger partial charge in [-0.15, -0.1) is 0 Å². The van der Waals surface area contributed by atoms with Crippen LogP contribution in [0.15, 0.2) is 24.3 Å². The Hall–Kier alpha value is -1.13. The summed E-state index contributed by atoms with van der Waals surface area (Å²) in [6.07, 6.45) is 0. The molecule has 0 saturated heterocycles. The van der Waals surface area contributed by atoms with E-state index in [-0.39, 0.29) is 0 Å². The Bertz CT molecular complexity index is 628. The van der Waals surface area contributed by atoms with Crippen LogP contribution in [0.2, 0.25) is 0 Å². The van der Waals surface area contributed by atoms with Crippen LogP contribution in [0.5, 0.6) is 0 Å². The molecule has 110 valence electrons. The van der Waals surface area contributed by atoms with Gasteiger partial charge in [0.05, 0.1) is 13.2 Å². The van der Waals surface area contributed by atoms with Crippen LogP contribution in [0.4, 0.5) is 0 Å². The number of H-pyrrole nitrogens is 1. The minimum Gasteiger partial charge on any atom is -0.358 e. The van der Waals surface area contributed by atoms with Crippen molar-refractivity contribution in [1.82, 2.24) is 4.98 Å². The van der Waals surface area contributed by atoms with Gasteiger partial charge in [0.25, 0.3) is 0 Å². The third-order valence-electron chi connectivity index (χ3n) is 3.20. The van der Waals surface area contributed by atoms with Crippen molar-refractivity contribution in [3.8, 4) is 0 Å². The highest BCUT2D eigenvalue weighted by Gasteiger charge is 2.36. The highest BCUT2D eigenvalue weighted by Crippen LogP contribution is 2.59. The number of aryl methyl sites for hydroxylation is 1. The van der Waals surface area contributed by atoms with Crippen molar-refractivity contribution in [3.05, 3.63) is 35.5 Å². The molecule has 1 aromatic heterocycles. The summed E-state index contributed by atoms with van der Waals surface area (Å²) in [5, 5.41) is 0.956. The quantitative estimate of drug-likeness (QED) is 0.797. The van der Waals surface area contributed by atoms with Crippen molar-refractivity contribution in [2.75, 3.05) is 13.2 Å². The van der Waals surface area contributed by atoms with E-state index >= 15 is 0 Å². The number of hydrogen-bond acceptors (Lipinski definition) is 4. The Kier molecular flexibility index (Phi) is 4.66. The fourth-order valence-corrected chi connectivity index (χ4v) is 4.16. The number of para-hydroxylation sites is 1. The number of fused-ring (bicyclic) bond motifs is 1. The second kappa shape index (κ2) is 6.10. The molecule has 0 radical (unpaired) electrons. The summed E-state index contributed by atoms with van der Waals surface area (Å²) in [5.41, 5.74) is 8.88. The summed E-state index contributed by atoms with van der Waals surface area (Å²) in [6, 6.07) is 7.79. The molecule has 20 heavy (non-hydrogen) atoms. The Balaban J connectivity index is 2.51. The smallest absolute Gasteiger partial charge is 0.351 e. The van der Waals surface area contributed by atoms with Crippen molar-refractivity contribution in [2.45, 2.75) is 26.6 Å². The van der Waals surface area contributed by atoms with E-state index in [9.17, 15) is 4.57 Å². The molecule has 0 saturated carbocycles. The van der Waals surface area contributed by atoms with Gasteiger partial charge in [0.2, 0.25) is 0 Å². The third-order valence-corrected chi connectivity index (χ3v) is 5.37. The normalized spacial score (nSPS) is 13.8. The summed E-state index contributed by atoms with van der Waals surface area (Å²) >= 11 is 0. The van der Waals surface area contributed by atoms with Crippen LogP contribution < -0.4 is 5.73 Å². The zero-order valence-electron chi connectivity index (χ0n) is 12.1. The number of nitrogens with two attached hydrogens (primary N) is 1. The van der Waals surface area contributed by atoms with E-state index in [0.29, 0.717) is 13.2 Å². The largest absolute Gasteiger partial charge is 0.358 e. The lowest BCUT2D eigenvalue weighted by Crippen LogP contribution is -2.15. The number of hydrogen-bond donors (Lipinski definition) is 2. The van der Waals surface area contributed by atoms with Crippen LogP contribution in [-0.4, -0.2) is 18.2 Å². The Labute approximate surface area is 119 Å². The van der Waals surface area contributed by atoms with Gasteiger partial charge in [0.15, 0.2) is 0 Å². The van der Waals surface area contributed by atoms with Crippen LogP contribution in [0, 0.1) is 6.92 Å². The number of aromatic amines is 1. The highest BCUT2D eigenvalue weighted by atomic mass is 31.2. The van der Waals surface area contributed by atoms with E-state index in [1.165, 1.54) is 0 Å². The fraction of sp³-hybridized carbons (Fsp3) is 0.429.